The molecule has 2 N–H and O–H groups in total. The zero-order valence-electron chi connectivity index (χ0n) is 9.15. The van der Waals surface area contributed by atoms with Crippen molar-refractivity contribution in [2.24, 2.45) is 5.16 Å². The number of oxime groups is 1. The monoisotopic (exact) mass is 247 g/mol. The maximum absolute atomic E-state index is 10.9. The van der Waals surface area contributed by atoms with Crippen LogP contribution in [-0.4, -0.2) is 31.4 Å². The predicted molar refractivity (Wildman–Crippen MR) is 60.6 cm³/mol. The van der Waals surface area contributed by atoms with Crippen LogP contribution >= 0.6 is 0 Å². The molecule has 0 saturated carbocycles. The van der Waals surface area contributed by atoms with Crippen molar-refractivity contribution >= 4 is 6.21 Å². The quantitative estimate of drug-likeness (QED) is 0.444. The number of aromatic nitrogens is 4. The average molecular weight is 247 g/mol. The Bertz CT molecular complexity index is 610. The molecule has 0 aliphatic carbocycles. The van der Waals surface area contributed by atoms with Crippen molar-refractivity contribution in [2.45, 2.75) is 6.61 Å². The van der Waals surface area contributed by atoms with Crippen LogP contribution in [0.2, 0.25) is 0 Å². The summed E-state index contributed by atoms with van der Waals surface area (Å²) in [5, 5.41) is 11.2. The standard InChI is InChI=1S/C10H9N5O3/c16-9-11-3-2-8(14-9)6-18-10-12-4-1-7(15-10)5-13-17/h1-5,17H,6H2,(H,11,14,16)/b13-5+. The fraction of sp³-hybridized carbons (Fsp3) is 0.100. The lowest BCUT2D eigenvalue weighted by molar-refractivity contribution is 0.275. The van der Waals surface area contributed by atoms with Gasteiger partial charge in [-0.15, -0.1) is 0 Å². The highest BCUT2D eigenvalue weighted by Gasteiger charge is 2.00. The highest BCUT2D eigenvalue weighted by molar-refractivity contribution is 5.76. The van der Waals surface area contributed by atoms with E-state index in [0.29, 0.717) is 11.4 Å². The van der Waals surface area contributed by atoms with Crippen molar-refractivity contribution in [1.29, 1.82) is 0 Å². The highest BCUT2D eigenvalue weighted by Crippen LogP contribution is 2.03. The molecule has 0 aliphatic heterocycles. The Hall–Kier alpha value is -2.77. The van der Waals surface area contributed by atoms with Gasteiger partial charge in [0.2, 0.25) is 0 Å². The first-order valence-electron chi connectivity index (χ1n) is 4.95. The Labute approximate surface area is 101 Å². The van der Waals surface area contributed by atoms with Gasteiger partial charge >= 0.3 is 11.7 Å². The SMILES string of the molecule is O=c1nccc(COc2nccc(/C=N/O)n2)[nH]1. The molecule has 0 bridgehead atoms. The van der Waals surface area contributed by atoms with Crippen LogP contribution in [0.4, 0.5) is 0 Å². The fourth-order valence-corrected chi connectivity index (χ4v) is 1.19. The number of hydrogen-bond acceptors (Lipinski definition) is 7. The molecule has 2 heterocycles. The van der Waals surface area contributed by atoms with Crippen LogP contribution in [0.15, 0.2) is 34.5 Å². The number of nitrogens with zero attached hydrogens (tertiary/aromatic N) is 4. The maximum Gasteiger partial charge on any atom is 0.345 e. The van der Waals surface area contributed by atoms with E-state index in [1.807, 2.05) is 0 Å². The van der Waals surface area contributed by atoms with E-state index >= 15 is 0 Å². The van der Waals surface area contributed by atoms with E-state index in [-0.39, 0.29) is 12.6 Å². The van der Waals surface area contributed by atoms with Gasteiger partial charge in [-0.05, 0) is 12.1 Å². The van der Waals surface area contributed by atoms with E-state index in [1.165, 1.54) is 12.4 Å². The summed E-state index contributed by atoms with van der Waals surface area (Å²) in [7, 11) is 0. The normalized spacial score (nSPS) is 10.7. The van der Waals surface area contributed by atoms with Crippen LogP contribution in [0.3, 0.4) is 0 Å². The van der Waals surface area contributed by atoms with Crippen molar-refractivity contribution < 1.29 is 9.94 Å². The smallest absolute Gasteiger partial charge is 0.345 e. The topological polar surface area (TPSA) is 113 Å². The number of nitrogens with one attached hydrogen (secondary N) is 1. The molecule has 0 atom stereocenters. The van der Waals surface area contributed by atoms with Crippen molar-refractivity contribution in [1.82, 2.24) is 19.9 Å². The van der Waals surface area contributed by atoms with Crippen LogP contribution in [-0.2, 0) is 6.61 Å². The second-order valence-corrected chi connectivity index (χ2v) is 3.20. The summed E-state index contributed by atoms with van der Waals surface area (Å²) >= 11 is 0. The highest BCUT2D eigenvalue weighted by atomic mass is 16.5. The van der Waals surface area contributed by atoms with Gasteiger partial charge in [-0.2, -0.15) is 4.98 Å². The van der Waals surface area contributed by atoms with Gasteiger partial charge in [-0.1, -0.05) is 5.16 Å². The number of aromatic amines is 1. The first-order chi connectivity index (χ1) is 8.78. The van der Waals surface area contributed by atoms with Crippen molar-refractivity contribution in [3.05, 3.63) is 46.4 Å². The van der Waals surface area contributed by atoms with E-state index in [2.05, 4.69) is 25.1 Å². The molecule has 0 amide bonds. The van der Waals surface area contributed by atoms with Gasteiger partial charge in [0.05, 0.1) is 17.6 Å². The first kappa shape index (κ1) is 11.7. The van der Waals surface area contributed by atoms with Crippen LogP contribution in [0.25, 0.3) is 0 Å². The Morgan fingerprint density at radius 3 is 3.00 bits per heavy atom. The maximum atomic E-state index is 10.9. The molecule has 0 unspecified atom stereocenters. The first-order valence-corrected chi connectivity index (χ1v) is 4.95. The minimum atomic E-state index is -0.446. The molecule has 18 heavy (non-hydrogen) atoms. The molecule has 92 valence electrons. The summed E-state index contributed by atoms with van der Waals surface area (Å²) in [5.41, 5.74) is 0.517. The minimum absolute atomic E-state index is 0.109. The zero-order chi connectivity index (χ0) is 12.8. The molecule has 8 nitrogen and oxygen atoms in total. The van der Waals surface area contributed by atoms with Gasteiger partial charge in [0, 0.05) is 12.4 Å². The predicted octanol–water partition coefficient (Wildman–Crippen LogP) is -0.0530. The van der Waals surface area contributed by atoms with Gasteiger partial charge in [-0.3, -0.25) is 0 Å². The Morgan fingerprint density at radius 2 is 2.22 bits per heavy atom. The molecule has 2 aromatic rings. The molecule has 0 radical (unpaired) electrons. The van der Waals surface area contributed by atoms with Crippen LogP contribution in [0.5, 0.6) is 6.01 Å². The van der Waals surface area contributed by atoms with Gasteiger partial charge in [0.25, 0.3) is 0 Å². The molecule has 2 aromatic heterocycles. The summed E-state index contributed by atoms with van der Waals surface area (Å²) in [6, 6.07) is 3.28. The molecule has 0 aliphatic rings. The van der Waals surface area contributed by atoms with E-state index in [1.54, 1.807) is 12.1 Å². The molecular formula is C10H9N5O3. The lowest BCUT2D eigenvalue weighted by Gasteiger charge is -2.03. The van der Waals surface area contributed by atoms with E-state index < -0.39 is 5.69 Å². The van der Waals surface area contributed by atoms with E-state index in [9.17, 15) is 4.79 Å². The lowest BCUT2D eigenvalue weighted by Crippen LogP contribution is -2.13. The molecule has 0 saturated heterocycles. The number of rotatable bonds is 4. The molecule has 2 rings (SSSR count). The van der Waals surface area contributed by atoms with Gasteiger partial charge < -0.3 is 14.9 Å². The fourth-order valence-electron chi connectivity index (χ4n) is 1.19. The summed E-state index contributed by atoms with van der Waals surface area (Å²) in [6.07, 6.45) is 4.00. The summed E-state index contributed by atoms with van der Waals surface area (Å²) < 4.78 is 5.27. The lowest BCUT2D eigenvalue weighted by atomic mass is 10.4. The summed E-state index contributed by atoms with van der Waals surface area (Å²) in [5.74, 6) is 0. The third-order valence-electron chi connectivity index (χ3n) is 1.94. The Kier molecular flexibility index (Phi) is 3.59. The van der Waals surface area contributed by atoms with Crippen molar-refractivity contribution in [3.8, 4) is 6.01 Å². The van der Waals surface area contributed by atoms with Crippen LogP contribution < -0.4 is 10.4 Å². The molecule has 0 spiro atoms. The van der Waals surface area contributed by atoms with Crippen molar-refractivity contribution in [3.63, 3.8) is 0 Å². The second-order valence-electron chi connectivity index (χ2n) is 3.20. The number of H-pyrrole nitrogens is 1. The summed E-state index contributed by atoms with van der Waals surface area (Å²) in [4.78, 5) is 24.8. The number of hydrogen-bond donors (Lipinski definition) is 2. The number of ether oxygens (including phenoxy) is 1. The van der Waals surface area contributed by atoms with Crippen molar-refractivity contribution in [2.75, 3.05) is 0 Å². The third kappa shape index (κ3) is 3.11. The molecule has 0 aromatic carbocycles. The van der Waals surface area contributed by atoms with Gasteiger partial charge in [0.1, 0.15) is 6.61 Å². The van der Waals surface area contributed by atoms with E-state index in [4.69, 9.17) is 9.94 Å². The third-order valence-corrected chi connectivity index (χ3v) is 1.94. The molecular weight excluding hydrogens is 238 g/mol. The average Bonchev–Trinajstić information content (AvgIpc) is 2.37. The largest absolute Gasteiger partial charge is 0.457 e. The summed E-state index contributed by atoms with van der Waals surface area (Å²) in [6.45, 7) is 0.109. The second kappa shape index (κ2) is 5.53. The Balaban J connectivity index is 2.06. The van der Waals surface area contributed by atoms with Crippen LogP contribution in [0.1, 0.15) is 11.4 Å². The van der Waals surface area contributed by atoms with Crippen LogP contribution in [0, 0.1) is 0 Å². The van der Waals surface area contributed by atoms with E-state index in [0.717, 1.165) is 6.21 Å². The molecule has 8 heteroatoms. The van der Waals surface area contributed by atoms with Gasteiger partial charge in [-0.25, -0.2) is 14.8 Å². The zero-order valence-corrected chi connectivity index (χ0v) is 9.15. The van der Waals surface area contributed by atoms with Gasteiger partial charge in [0.15, 0.2) is 0 Å². The minimum Gasteiger partial charge on any atom is -0.457 e. The Morgan fingerprint density at radius 1 is 1.39 bits per heavy atom. The molecule has 0 fully saturated rings.